The summed E-state index contributed by atoms with van der Waals surface area (Å²) in [6.07, 6.45) is 0. The van der Waals surface area contributed by atoms with E-state index in [-0.39, 0.29) is 5.97 Å². The molecule has 0 bridgehead atoms. The average molecular weight is 252 g/mol. The lowest BCUT2D eigenvalue weighted by molar-refractivity contribution is -0.166. The van der Waals surface area contributed by atoms with E-state index in [0.29, 0.717) is 24.7 Å². The number of hydrogen-bond donors (Lipinski definition) is 0. The molecule has 0 N–H and O–H groups in total. The molecule has 0 aromatic heterocycles. The first-order valence-corrected chi connectivity index (χ1v) is 5.56. The molecule has 98 valence electrons. The van der Waals surface area contributed by atoms with Gasteiger partial charge in [-0.1, -0.05) is 6.07 Å². The number of carbonyl (C=O) groups excluding carboxylic acids is 1. The van der Waals surface area contributed by atoms with Gasteiger partial charge < -0.3 is 18.9 Å². The molecule has 5 nitrogen and oxygen atoms in total. The number of esters is 1. The molecule has 1 aromatic carbocycles. The Morgan fingerprint density at radius 2 is 1.83 bits per heavy atom. The largest absolute Gasteiger partial charge is 0.493 e. The van der Waals surface area contributed by atoms with Crippen molar-refractivity contribution in [2.45, 2.75) is 5.41 Å². The minimum atomic E-state index is -0.714. The molecule has 0 amide bonds. The van der Waals surface area contributed by atoms with Gasteiger partial charge in [0, 0.05) is 0 Å². The summed E-state index contributed by atoms with van der Waals surface area (Å²) < 4.78 is 20.4. The highest BCUT2D eigenvalue weighted by Gasteiger charge is 2.49. The molecule has 0 radical (unpaired) electrons. The molecule has 1 heterocycles. The molecule has 0 aliphatic carbocycles. The normalized spacial score (nSPS) is 16.6. The monoisotopic (exact) mass is 252 g/mol. The van der Waals surface area contributed by atoms with Crippen molar-refractivity contribution < 1.29 is 23.7 Å². The molecule has 0 saturated carbocycles. The van der Waals surface area contributed by atoms with Gasteiger partial charge >= 0.3 is 5.97 Å². The lowest BCUT2D eigenvalue weighted by Gasteiger charge is -2.39. The smallest absolute Gasteiger partial charge is 0.321 e. The molecule has 1 fully saturated rings. The lowest BCUT2D eigenvalue weighted by Crippen LogP contribution is -2.53. The van der Waals surface area contributed by atoms with Gasteiger partial charge in [0.05, 0.1) is 34.5 Å². The van der Waals surface area contributed by atoms with Crippen molar-refractivity contribution in [3.8, 4) is 11.5 Å². The first-order valence-electron chi connectivity index (χ1n) is 5.56. The Kier molecular flexibility index (Phi) is 3.43. The second kappa shape index (κ2) is 4.86. The van der Waals surface area contributed by atoms with E-state index in [1.165, 1.54) is 7.11 Å². The van der Waals surface area contributed by atoms with Crippen molar-refractivity contribution in [2.75, 3.05) is 34.5 Å². The quantitative estimate of drug-likeness (QED) is 0.752. The van der Waals surface area contributed by atoms with Gasteiger partial charge in [-0.3, -0.25) is 4.79 Å². The fourth-order valence-electron chi connectivity index (χ4n) is 2.04. The zero-order valence-electron chi connectivity index (χ0n) is 10.7. The number of hydrogen-bond acceptors (Lipinski definition) is 5. The third-order valence-electron chi connectivity index (χ3n) is 3.21. The van der Waals surface area contributed by atoms with E-state index in [1.54, 1.807) is 26.4 Å². The van der Waals surface area contributed by atoms with Crippen molar-refractivity contribution in [3.63, 3.8) is 0 Å². The van der Waals surface area contributed by atoms with Gasteiger partial charge in [0.2, 0.25) is 0 Å². The van der Waals surface area contributed by atoms with Crippen LogP contribution in [-0.4, -0.2) is 40.5 Å². The Bertz CT molecular complexity index is 451. The minimum Gasteiger partial charge on any atom is -0.493 e. The second-order valence-corrected chi connectivity index (χ2v) is 4.14. The van der Waals surface area contributed by atoms with E-state index < -0.39 is 5.41 Å². The van der Waals surface area contributed by atoms with Crippen LogP contribution in [-0.2, 0) is 19.7 Å². The summed E-state index contributed by atoms with van der Waals surface area (Å²) in [5.41, 5.74) is 0.104. The van der Waals surface area contributed by atoms with Crippen molar-refractivity contribution in [2.24, 2.45) is 0 Å². The number of carbonyl (C=O) groups is 1. The van der Waals surface area contributed by atoms with Crippen LogP contribution < -0.4 is 9.47 Å². The van der Waals surface area contributed by atoms with Gasteiger partial charge in [-0.25, -0.2) is 0 Å². The van der Waals surface area contributed by atoms with Crippen LogP contribution in [0.4, 0.5) is 0 Å². The fourth-order valence-corrected chi connectivity index (χ4v) is 2.04. The molecule has 2 rings (SSSR count). The summed E-state index contributed by atoms with van der Waals surface area (Å²) in [4.78, 5) is 11.9. The topological polar surface area (TPSA) is 54.0 Å². The highest BCUT2D eigenvalue weighted by molar-refractivity contribution is 5.85. The van der Waals surface area contributed by atoms with Crippen LogP contribution in [0.5, 0.6) is 11.5 Å². The fraction of sp³-hybridized carbons (Fsp3) is 0.462. The zero-order valence-corrected chi connectivity index (χ0v) is 10.7. The van der Waals surface area contributed by atoms with Crippen molar-refractivity contribution in [1.82, 2.24) is 0 Å². The van der Waals surface area contributed by atoms with Crippen molar-refractivity contribution in [1.29, 1.82) is 0 Å². The van der Waals surface area contributed by atoms with Crippen LogP contribution in [0.1, 0.15) is 5.56 Å². The van der Waals surface area contributed by atoms with Gasteiger partial charge in [-0.05, 0) is 17.7 Å². The van der Waals surface area contributed by atoms with Gasteiger partial charge in [-0.15, -0.1) is 0 Å². The Hall–Kier alpha value is -1.75. The summed E-state index contributed by atoms with van der Waals surface area (Å²) >= 11 is 0. The molecule has 1 saturated heterocycles. The van der Waals surface area contributed by atoms with Crippen LogP contribution in [0, 0.1) is 0 Å². The van der Waals surface area contributed by atoms with Crippen LogP contribution in [0.2, 0.25) is 0 Å². The predicted octanol–water partition coefficient (Wildman–Crippen LogP) is 1.14. The van der Waals surface area contributed by atoms with E-state index in [1.807, 2.05) is 6.07 Å². The van der Waals surface area contributed by atoms with Crippen molar-refractivity contribution >= 4 is 5.97 Å². The molecule has 1 aliphatic heterocycles. The van der Waals surface area contributed by atoms with E-state index >= 15 is 0 Å². The summed E-state index contributed by atoms with van der Waals surface area (Å²) in [6, 6.07) is 5.40. The third kappa shape index (κ3) is 1.80. The molecule has 5 heteroatoms. The highest BCUT2D eigenvalue weighted by atomic mass is 16.5. The Balaban J connectivity index is 2.41. The summed E-state index contributed by atoms with van der Waals surface area (Å²) in [7, 11) is 4.51. The molecule has 0 unspecified atom stereocenters. The first kappa shape index (κ1) is 12.7. The number of methoxy groups -OCH3 is 3. The maximum absolute atomic E-state index is 11.9. The van der Waals surface area contributed by atoms with Crippen LogP contribution >= 0.6 is 0 Å². The third-order valence-corrected chi connectivity index (χ3v) is 3.21. The SMILES string of the molecule is COC(=O)C1(c2ccc(OC)c(OC)c2)COC1. The standard InChI is InChI=1S/C13H16O5/c1-15-10-5-4-9(6-11(10)16-2)13(7-18-8-13)12(14)17-3/h4-6H,7-8H2,1-3H3. The van der Waals surface area contributed by atoms with Gasteiger partial charge in [-0.2, -0.15) is 0 Å². The molecule has 0 spiro atoms. The van der Waals surface area contributed by atoms with E-state index in [2.05, 4.69) is 0 Å². The minimum absolute atomic E-state index is 0.291. The van der Waals surface area contributed by atoms with Gasteiger partial charge in [0.1, 0.15) is 5.41 Å². The molecule has 0 atom stereocenters. The molecule has 1 aromatic rings. The Labute approximate surface area is 106 Å². The number of ether oxygens (including phenoxy) is 4. The second-order valence-electron chi connectivity index (χ2n) is 4.14. The van der Waals surface area contributed by atoms with Gasteiger partial charge in [0.25, 0.3) is 0 Å². The van der Waals surface area contributed by atoms with Crippen LogP contribution in [0.15, 0.2) is 18.2 Å². The lowest BCUT2D eigenvalue weighted by atomic mass is 9.78. The molecular weight excluding hydrogens is 236 g/mol. The maximum atomic E-state index is 11.9. The summed E-state index contributed by atoms with van der Waals surface area (Å²) in [5, 5.41) is 0. The Morgan fingerprint density at radius 3 is 2.28 bits per heavy atom. The molecular formula is C13H16O5. The number of benzene rings is 1. The van der Waals surface area contributed by atoms with E-state index in [4.69, 9.17) is 18.9 Å². The molecule has 18 heavy (non-hydrogen) atoms. The summed E-state index contributed by atoms with van der Waals surface area (Å²) in [6.45, 7) is 0.657. The van der Waals surface area contributed by atoms with E-state index in [9.17, 15) is 4.79 Å². The van der Waals surface area contributed by atoms with Gasteiger partial charge in [0.15, 0.2) is 11.5 Å². The predicted molar refractivity (Wildman–Crippen MR) is 64.1 cm³/mol. The van der Waals surface area contributed by atoms with Crippen LogP contribution in [0.25, 0.3) is 0 Å². The van der Waals surface area contributed by atoms with Crippen LogP contribution in [0.3, 0.4) is 0 Å². The maximum Gasteiger partial charge on any atom is 0.321 e. The van der Waals surface area contributed by atoms with Crippen molar-refractivity contribution in [3.05, 3.63) is 23.8 Å². The highest BCUT2D eigenvalue weighted by Crippen LogP contribution is 2.38. The zero-order chi connectivity index (χ0) is 13.2. The molecule has 1 aliphatic rings. The number of rotatable bonds is 4. The first-order chi connectivity index (χ1) is 8.67. The van der Waals surface area contributed by atoms with E-state index in [0.717, 1.165) is 5.56 Å². The summed E-state index contributed by atoms with van der Waals surface area (Å²) in [5.74, 6) is 0.924. The Morgan fingerprint density at radius 1 is 1.17 bits per heavy atom. The average Bonchev–Trinajstić information content (AvgIpc) is 2.36.